The second-order valence-corrected chi connectivity index (χ2v) is 7.34. The minimum Gasteiger partial charge on any atom is -0.490 e. The van der Waals surface area contributed by atoms with Gasteiger partial charge in [-0.2, -0.15) is 0 Å². The van der Waals surface area contributed by atoms with E-state index in [-0.39, 0.29) is 4.90 Å². The summed E-state index contributed by atoms with van der Waals surface area (Å²) in [5.74, 6) is 0.582. The molecular weight excluding hydrogens is 292 g/mol. The topological polar surface area (TPSA) is 78.9 Å². The highest BCUT2D eigenvalue weighted by atomic mass is 32.2. The molecule has 1 aromatic carbocycles. The van der Waals surface area contributed by atoms with Crippen LogP contribution in [-0.2, 0) is 10.0 Å². The molecule has 2 N–H and O–H groups in total. The van der Waals surface area contributed by atoms with Crippen LogP contribution in [0.25, 0.3) is 0 Å². The third-order valence-electron chi connectivity index (χ3n) is 4.12. The lowest BCUT2D eigenvalue weighted by molar-refractivity contribution is 0.159. The van der Waals surface area contributed by atoms with Gasteiger partial charge in [-0.1, -0.05) is 0 Å². The van der Waals surface area contributed by atoms with Crippen molar-refractivity contribution in [2.45, 2.75) is 36.3 Å². The smallest absolute Gasteiger partial charge is 0.241 e. The lowest BCUT2D eigenvalue weighted by Gasteiger charge is -2.28. The van der Waals surface area contributed by atoms with E-state index in [0.29, 0.717) is 25.2 Å². The molecule has 0 aromatic heterocycles. The summed E-state index contributed by atoms with van der Waals surface area (Å²) < 4.78 is 32.9. The van der Waals surface area contributed by atoms with Crippen molar-refractivity contribution in [3.8, 4) is 5.75 Å². The first-order valence-electron chi connectivity index (χ1n) is 7.16. The minimum absolute atomic E-state index is 0.177. The zero-order chi connectivity index (χ0) is 15.0. The van der Waals surface area contributed by atoms with Crippen molar-refractivity contribution in [3.05, 3.63) is 18.2 Å². The van der Waals surface area contributed by atoms with Crippen LogP contribution in [0.4, 0.5) is 5.69 Å². The van der Waals surface area contributed by atoms with E-state index in [1.165, 1.54) is 0 Å². The standard InChI is InChI=1S/C14H20N2O4S/c1-16-7-8-20-14-9-10(5-6-12(14)16)21(18,19)15-11-3-2-4-13(11)17/h5-6,9,11,13,15,17H,2-4,7-8H2,1H3. The summed E-state index contributed by atoms with van der Waals surface area (Å²) in [5, 5.41) is 9.77. The van der Waals surface area contributed by atoms with E-state index in [4.69, 9.17) is 4.74 Å². The molecule has 1 aliphatic heterocycles. The molecule has 1 heterocycles. The van der Waals surface area contributed by atoms with E-state index >= 15 is 0 Å². The molecule has 1 fully saturated rings. The van der Waals surface area contributed by atoms with Crippen LogP contribution < -0.4 is 14.4 Å². The van der Waals surface area contributed by atoms with Crippen molar-refractivity contribution < 1.29 is 18.3 Å². The summed E-state index contributed by atoms with van der Waals surface area (Å²) in [6.07, 6.45) is 1.56. The third-order valence-corrected chi connectivity index (χ3v) is 5.61. The third kappa shape index (κ3) is 2.86. The Hall–Kier alpha value is -1.31. The average molecular weight is 312 g/mol. The second kappa shape index (κ2) is 5.47. The Kier molecular flexibility index (Phi) is 3.81. The molecule has 0 saturated heterocycles. The number of sulfonamides is 1. The molecule has 7 heteroatoms. The van der Waals surface area contributed by atoms with Crippen molar-refractivity contribution in [2.75, 3.05) is 25.1 Å². The number of likely N-dealkylation sites (N-methyl/N-ethyl adjacent to an activating group) is 1. The largest absolute Gasteiger partial charge is 0.490 e. The molecule has 21 heavy (non-hydrogen) atoms. The van der Waals surface area contributed by atoms with Crippen LogP contribution in [0.3, 0.4) is 0 Å². The van der Waals surface area contributed by atoms with Gasteiger partial charge in [-0.05, 0) is 31.4 Å². The summed E-state index contributed by atoms with van der Waals surface area (Å²) in [6, 6.07) is 4.49. The fourth-order valence-corrected chi connectivity index (χ4v) is 4.17. The maximum atomic E-state index is 12.4. The van der Waals surface area contributed by atoms with E-state index in [9.17, 15) is 13.5 Å². The Bertz CT molecular complexity index is 632. The van der Waals surface area contributed by atoms with E-state index in [0.717, 1.165) is 18.7 Å². The number of benzene rings is 1. The van der Waals surface area contributed by atoms with Gasteiger partial charge in [-0.15, -0.1) is 0 Å². The summed E-state index contributed by atoms with van der Waals surface area (Å²) in [6.45, 7) is 1.33. The predicted octanol–water partition coefficient (Wildman–Crippen LogP) is 0.707. The van der Waals surface area contributed by atoms with Crippen molar-refractivity contribution in [1.82, 2.24) is 4.72 Å². The minimum atomic E-state index is -3.64. The number of ether oxygens (including phenoxy) is 1. The monoisotopic (exact) mass is 312 g/mol. The van der Waals surface area contributed by atoms with Crippen LogP contribution >= 0.6 is 0 Å². The molecule has 0 spiro atoms. The van der Waals surface area contributed by atoms with Crippen LogP contribution in [0, 0.1) is 0 Å². The number of aliphatic hydroxyl groups excluding tert-OH is 1. The highest BCUT2D eigenvalue weighted by Crippen LogP contribution is 2.33. The first-order valence-corrected chi connectivity index (χ1v) is 8.64. The van der Waals surface area contributed by atoms with Gasteiger partial charge in [0.05, 0.1) is 23.2 Å². The van der Waals surface area contributed by atoms with Gasteiger partial charge in [0, 0.05) is 19.2 Å². The van der Waals surface area contributed by atoms with Crippen LogP contribution in [0.2, 0.25) is 0 Å². The first-order chi connectivity index (χ1) is 9.97. The number of nitrogens with one attached hydrogen (secondary N) is 1. The Balaban J connectivity index is 1.85. The van der Waals surface area contributed by atoms with E-state index in [2.05, 4.69) is 4.72 Å². The van der Waals surface area contributed by atoms with Crippen molar-refractivity contribution in [1.29, 1.82) is 0 Å². The molecule has 0 bridgehead atoms. The number of rotatable bonds is 3. The zero-order valence-electron chi connectivity index (χ0n) is 11.9. The highest BCUT2D eigenvalue weighted by molar-refractivity contribution is 7.89. The summed E-state index contributed by atoms with van der Waals surface area (Å²) in [7, 11) is -1.69. The van der Waals surface area contributed by atoms with E-state index < -0.39 is 22.2 Å². The normalized spacial score (nSPS) is 25.5. The number of nitrogens with zero attached hydrogens (tertiary/aromatic N) is 1. The van der Waals surface area contributed by atoms with E-state index in [1.54, 1.807) is 18.2 Å². The van der Waals surface area contributed by atoms with Crippen LogP contribution in [0.15, 0.2) is 23.1 Å². The molecule has 116 valence electrons. The van der Waals surface area contributed by atoms with Gasteiger partial charge in [0.1, 0.15) is 12.4 Å². The molecule has 1 aliphatic carbocycles. The van der Waals surface area contributed by atoms with Gasteiger partial charge < -0.3 is 14.7 Å². The second-order valence-electron chi connectivity index (χ2n) is 5.63. The van der Waals surface area contributed by atoms with Crippen molar-refractivity contribution in [2.24, 2.45) is 0 Å². The molecule has 0 amide bonds. The molecule has 1 aromatic rings. The quantitative estimate of drug-likeness (QED) is 0.859. The lowest BCUT2D eigenvalue weighted by atomic mass is 10.2. The van der Waals surface area contributed by atoms with Crippen LogP contribution in [0.5, 0.6) is 5.75 Å². The zero-order valence-corrected chi connectivity index (χ0v) is 12.8. The van der Waals surface area contributed by atoms with Crippen LogP contribution in [0.1, 0.15) is 19.3 Å². The molecule has 1 saturated carbocycles. The molecular formula is C14H20N2O4S. The number of anilines is 1. The summed E-state index contributed by atoms with van der Waals surface area (Å²) in [4.78, 5) is 2.21. The molecule has 2 unspecified atom stereocenters. The van der Waals surface area contributed by atoms with Gasteiger partial charge in [0.15, 0.2) is 0 Å². The fraction of sp³-hybridized carbons (Fsp3) is 0.571. The van der Waals surface area contributed by atoms with E-state index in [1.807, 2.05) is 11.9 Å². The molecule has 3 rings (SSSR count). The molecule has 6 nitrogen and oxygen atoms in total. The highest BCUT2D eigenvalue weighted by Gasteiger charge is 2.30. The SMILES string of the molecule is CN1CCOc2cc(S(=O)(=O)NC3CCCC3O)ccc21. The maximum absolute atomic E-state index is 12.4. The van der Waals surface area contributed by atoms with Crippen LogP contribution in [-0.4, -0.2) is 45.9 Å². The summed E-state index contributed by atoms with van der Waals surface area (Å²) >= 11 is 0. The first kappa shape index (κ1) is 14.6. The van der Waals surface area contributed by atoms with Gasteiger partial charge >= 0.3 is 0 Å². The Morgan fingerprint density at radius 1 is 1.38 bits per heavy atom. The van der Waals surface area contributed by atoms with Gasteiger partial charge in [0.25, 0.3) is 0 Å². The van der Waals surface area contributed by atoms with Gasteiger partial charge in [-0.3, -0.25) is 0 Å². The number of hydrogen-bond acceptors (Lipinski definition) is 5. The predicted molar refractivity (Wildman–Crippen MR) is 79.2 cm³/mol. The fourth-order valence-electron chi connectivity index (χ4n) is 2.85. The Labute approximate surface area is 124 Å². The molecule has 2 atom stereocenters. The van der Waals surface area contributed by atoms with Gasteiger partial charge in [0.2, 0.25) is 10.0 Å². The summed E-state index contributed by atoms with van der Waals surface area (Å²) in [5.41, 5.74) is 0.890. The van der Waals surface area contributed by atoms with Gasteiger partial charge in [-0.25, -0.2) is 13.1 Å². The molecule has 2 aliphatic rings. The Morgan fingerprint density at radius 2 is 2.19 bits per heavy atom. The van der Waals surface area contributed by atoms with Crippen molar-refractivity contribution >= 4 is 15.7 Å². The maximum Gasteiger partial charge on any atom is 0.241 e. The number of aliphatic hydroxyl groups is 1. The Morgan fingerprint density at radius 3 is 2.90 bits per heavy atom. The number of hydrogen-bond donors (Lipinski definition) is 2. The molecule has 0 radical (unpaired) electrons. The average Bonchev–Trinajstić information content (AvgIpc) is 2.83. The lowest BCUT2D eigenvalue weighted by Crippen LogP contribution is -2.39. The van der Waals surface area contributed by atoms with Crippen molar-refractivity contribution in [3.63, 3.8) is 0 Å². The number of fused-ring (bicyclic) bond motifs is 1.